The van der Waals surface area contributed by atoms with Crippen LogP contribution < -0.4 is 10.6 Å². The summed E-state index contributed by atoms with van der Waals surface area (Å²) in [6.07, 6.45) is 8.29. The minimum absolute atomic E-state index is 0.217. The highest BCUT2D eigenvalue weighted by Gasteiger charge is 2.41. The molecule has 0 aliphatic rings. The van der Waals surface area contributed by atoms with Gasteiger partial charge in [0, 0.05) is 11.0 Å². The largest absolute Gasteiger partial charge is 0.480 e. The number of aryl methyl sites for hydroxylation is 1. The van der Waals surface area contributed by atoms with E-state index in [-0.39, 0.29) is 11.0 Å². The van der Waals surface area contributed by atoms with Crippen molar-refractivity contribution in [3.8, 4) is 0 Å². The molecule has 0 unspecified atom stereocenters. The van der Waals surface area contributed by atoms with Crippen LogP contribution in [-0.4, -0.2) is 63.9 Å². The van der Waals surface area contributed by atoms with E-state index in [9.17, 15) is 32.7 Å². The fraction of sp³-hybridized carbons (Fsp3) is 0.700. The number of carbonyl (C=O) groups is 3. The van der Waals surface area contributed by atoms with Gasteiger partial charge in [0.15, 0.2) is 0 Å². The van der Waals surface area contributed by atoms with Crippen LogP contribution in [0.15, 0.2) is 24.3 Å². The highest BCUT2D eigenvalue weighted by molar-refractivity contribution is 8.00. The van der Waals surface area contributed by atoms with Gasteiger partial charge in [0.1, 0.15) is 12.6 Å². The Morgan fingerprint density at radius 3 is 2.02 bits per heavy atom. The van der Waals surface area contributed by atoms with Crippen LogP contribution in [0.2, 0.25) is 0 Å². The first-order valence-corrected chi connectivity index (χ1v) is 15.7. The summed E-state index contributed by atoms with van der Waals surface area (Å²) in [5.41, 5.74) is 2.26. The normalized spacial score (nSPS) is 13.8. The SMILES string of the molecule is CCCCCCCCCCCCc1ccccc1C[C@H](C[C@@H](C)O)SC[C@H](NC(=O)C(F)(F)F)C(=O)NCC(=O)O. The van der Waals surface area contributed by atoms with E-state index in [0.29, 0.717) is 12.8 Å². The number of rotatable bonds is 22. The van der Waals surface area contributed by atoms with Gasteiger partial charge in [0.25, 0.3) is 0 Å². The molecule has 0 heterocycles. The molecule has 0 spiro atoms. The highest BCUT2D eigenvalue weighted by Crippen LogP contribution is 2.26. The molecule has 2 amide bonds. The lowest BCUT2D eigenvalue weighted by Crippen LogP contribution is -2.52. The summed E-state index contributed by atoms with van der Waals surface area (Å²) in [7, 11) is 0. The van der Waals surface area contributed by atoms with E-state index < -0.39 is 42.7 Å². The number of aliphatic hydroxyl groups is 1. The number of carbonyl (C=O) groups excluding carboxylic acids is 2. The smallest absolute Gasteiger partial charge is 0.471 e. The number of hydrogen-bond donors (Lipinski definition) is 4. The molecule has 0 bridgehead atoms. The monoisotopic (exact) mass is 604 g/mol. The fourth-order valence-corrected chi connectivity index (χ4v) is 5.99. The van der Waals surface area contributed by atoms with Crippen molar-refractivity contribution in [2.24, 2.45) is 0 Å². The summed E-state index contributed by atoms with van der Waals surface area (Å²) in [4.78, 5) is 34.7. The predicted molar refractivity (Wildman–Crippen MR) is 157 cm³/mol. The van der Waals surface area contributed by atoms with Gasteiger partial charge >= 0.3 is 18.1 Å². The molecule has 0 aliphatic heterocycles. The third kappa shape index (κ3) is 17.3. The van der Waals surface area contributed by atoms with Gasteiger partial charge in [-0.1, -0.05) is 89.0 Å². The molecule has 7 nitrogen and oxygen atoms in total. The second-order valence-electron chi connectivity index (χ2n) is 10.6. The summed E-state index contributed by atoms with van der Waals surface area (Å²) < 4.78 is 38.6. The van der Waals surface area contributed by atoms with Gasteiger partial charge in [-0.2, -0.15) is 24.9 Å². The Labute approximate surface area is 246 Å². The van der Waals surface area contributed by atoms with E-state index >= 15 is 0 Å². The van der Waals surface area contributed by atoms with E-state index in [0.717, 1.165) is 24.8 Å². The predicted octanol–water partition coefficient (Wildman–Crippen LogP) is 5.81. The van der Waals surface area contributed by atoms with Crippen molar-refractivity contribution in [2.45, 2.75) is 121 Å². The number of hydrogen-bond acceptors (Lipinski definition) is 5. The molecule has 0 aliphatic carbocycles. The van der Waals surface area contributed by atoms with Crippen molar-refractivity contribution in [3.05, 3.63) is 35.4 Å². The molecule has 4 N–H and O–H groups in total. The topological polar surface area (TPSA) is 116 Å². The summed E-state index contributed by atoms with van der Waals surface area (Å²) >= 11 is 1.17. The van der Waals surface area contributed by atoms with Gasteiger partial charge < -0.3 is 20.8 Å². The maximum Gasteiger partial charge on any atom is 0.471 e. The molecule has 0 aromatic heterocycles. The minimum Gasteiger partial charge on any atom is -0.480 e. The molecule has 3 atom stereocenters. The molecule has 41 heavy (non-hydrogen) atoms. The first kappa shape index (κ1) is 36.8. The number of carboxylic acids is 1. The van der Waals surface area contributed by atoms with Gasteiger partial charge in [0.2, 0.25) is 5.91 Å². The zero-order chi connectivity index (χ0) is 30.7. The molecule has 0 saturated heterocycles. The molecule has 0 radical (unpaired) electrons. The van der Waals surface area contributed by atoms with E-state index in [1.54, 1.807) is 12.2 Å². The molecular weight excluding hydrogens is 557 g/mol. The number of unbranched alkanes of at least 4 members (excludes halogenated alkanes) is 9. The van der Waals surface area contributed by atoms with E-state index in [1.807, 2.05) is 23.5 Å². The molecule has 11 heteroatoms. The van der Waals surface area contributed by atoms with Crippen LogP contribution >= 0.6 is 11.8 Å². The molecular formula is C30H47F3N2O5S. The molecule has 0 saturated carbocycles. The van der Waals surface area contributed by atoms with Crippen molar-refractivity contribution in [3.63, 3.8) is 0 Å². The number of benzene rings is 1. The van der Waals surface area contributed by atoms with Crippen LogP contribution in [0.25, 0.3) is 0 Å². The Hall–Kier alpha value is -2.27. The van der Waals surface area contributed by atoms with Gasteiger partial charge in [-0.15, -0.1) is 0 Å². The summed E-state index contributed by atoms with van der Waals surface area (Å²) in [5.74, 6) is -4.87. The summed E-state index contributed by atoms with van der Waals surface area (Å²) in [6.45, 7) is 3.05. The lowest BCUT2D eigenvalue weighted by molar-refractivity contribution is -0.174. The summed E-state index contributed by atoms with van der Waals surface area (Å²) in [5, 5.41) is 22.3. The Morgan fingerprint density at radius 1 is 0.927 bits per heavy atom. The number of nitrogens with one attached hydrogen (secondary N) is 2. The Kier molecular flexibility index (Phi) is 18.5. The zero-order valence-corrected chi connectivity index (χ0v) is 25.1. The van der Waals surface area contributed by atoms with Crippen molar-refractivity contribution in [2.75, 3.05) is 12.3 Å². The molecule has 1 aromatic carbocycles. The van der Waals surface area contributed by atoms with Crippen LogP contribution in [-0.2, 0) is 27.2 Å². The maximum atomic E-state index is 12.9. The van der Waals surface area contributed by atoms with Gasteiger partial charge in [-0.25, -0.2) is 0 Å². The summed E-state index contributed by atoms with van der Waals surface area (Å²) in [6, 6.07) is 6.38. The maximum absolute atomic E-state index is 12.9. The number of amides is 2. The molecule has 1 rings (SSSR count). The van der Waals surface area contributed by atoms with Gasteiger partial charge in [-0.05, 0) is 43.7 Å². The van der Waals surface area contributed by atoms with Crippen LogP contribution in [0.4, 0.5) is 13.2 Å². The average molecular weight is 605 g/mol. The Balaban J connectivity index is 2.75. The molecule has 234 valence electrons. The Morgan fingerprint density at radius 2 is 1.49 bits per heavy atom. The van der Waals surface area contributed by atoms with E-state index in [2.05, 4.69) is 13.0 Å². The lowest BCUT2D eigenvalue weighted by Gasteiger charge is -2.24. The third-order valence-corrected chi connectivity index (χ3v) is 8.12. The lowest BCUT2D eigenvalue weighted by atomic mass is 9.96. The van der Waals surface area contributed by atoms with Crippen molar-refractivity contribution < 1.29 is 37.8 Å². The molecule has 0 fully saturated rings. The molecule has 1 aromatic rings. The second-order valence-corrected chi connectivity index (χ2v) is 11.9. The number of alkyl halides is 3. The van der Waals surface area contributed by atoms with Crippen molar-refractivity contribution in [1.82, 2.24) is 10.6 Å². The van der Waals surface area contributed by atoms with Crippen LogP contribution in [0, 0.1) is 0 Å². The van der Waals surface area contributed by atoms with Crippen LogP contribution in [0.1, 0.15) is 95.6 Å². The standard InChI is InChI=1S/C30H47F3N2O5S/c1-3-4-5-6-7-8-9-10-11-12-15-23-16-13-14-17-24(23)19-25(18-22(2)36)41-21-26(28(39)34-20-27(37)38)35-29(40)30(31,32)33/h13-14,16-17,22,25-26,36H,3-12,15,18-21H2,1-2H3,(H,34,39)(H,35,40)(H,37,38)/t22-,25+,26+/m1/s1. The third-order valence-electron chi connectivity index (χ3n) is 6.76. The Bertz CT molecular complexity index is 914. The number of aliphatic carboxylic acids is 1. The van der Waals surface area contributed by atoms with Crippen molar-refractivity contribution >= 4 is 29.5 Å². The zero-order valence-electron chi connectivity index (χ0n) is 24.3. The average Bonchev–Trinajstić information content (AvgIpc) is 2.90. The quantitative estimate of drug-likeness (QED) is 0.124. The highest BCUT2D eigenvalue weighted by atomic mass is 32.2. The van der Waals surface area contributed by atoms with Gasteiger partial charge in [-0.3, -0.25) is 14.4 Å². The first-order valence-electron chi connectivity index (χ1n) is 14.7. The van der Waals surface area contributed by atoms with Gasteiger partial charge in [0.05, 0.1) is 6.10 Å². The number of aliphatic hydroxyl groups excluding tert-OH is 1. The number of halogens is 3. The minimum atomic E-state index is -5.19. The first-order chi connectivity index (χ1) is 19.4. The van der Waals surface area contributed by atoms with Crippen molar-refractivity contribution in [1.29, 1.82) is 0 Å². The number of carboxylic acid groups (broad SMARTS) is 1. The van der Waals surface area contributed by atoms with E-state index in [1.165, 1.54) is 68.7 Å². The number of thioether (sulfide) groups is 1. The van der Waals surface area contributed by atoms with Crippen LogP contribution in [0.3, 0.4) is 0 Å². The second kappa shape index (κ2) is 20.6. The fourth-order valence-electron chi connectivity index (χ4n) is 4.58. The van der Waals surface area contributed by atoms with E-state index in [4.69, 9.17) is 5.11 Å². The van der Waals surface area contributed by atoms with Crippen LogP contribution in [0.5, 0.6) is 0 Å².